The molecule has 0 bridgehead atoms. The van der Waals surface area contributed by atoms with Crippen LogP contribution in [0.4, 0.5) is 5.69 Å². The van der Waals surface area contributed by atoms with Crippen molar-refractivity contribution in [3.05, 3.63) is 89.5 Å². The molecule has 2 N–H and O–H groups in total. The number of nitrogens with zero attached hydrogens (tertiary/aromatic N) is 2. The second-order valence-corrected chi connectivity index (χ2v) is 9.37. The normalized spacial score (nSPS) is 14.8. The average molecular weight is 492 g/mol. The molecule has 9 heteroatoms. The second-order valence-electron chi connectivity index (χ2n) is 7.81. The number of ether oxygens (including phenoxy) is 2. The van der Waals surface area contributed by atoms with Crippen molar-refractivity contribution in [1.29, 1.82) is 0 Å². The lowest BCUT2D eigenvalue weighted by Gasteiger charge is -2.13. The molecule has 0 fully saturated rings. The summed E-state index contributed by atoms with van der Waals surface area (Å²) in [7, 11) is -3.82. The first-order chi connectivity index (χ1) is 16.8. The topological polar surface area (TPSA) is 111 Å². The van der Waals surface area contributed by atoms with Crippen molar-refractivity contribution in [1.82, 2.24) is 0 Å². The van der Waals surface area contributed by atoms with E-state index in [1.54, 1.807) is 13.0 Å². The Morgan fingerprint density at radius 1 is 0.971 bits per heavy atom. The molecule has 1 amide bonds. The van der Waals surface area contributed by atoms with E-state index in [1.807, 2.05) is 55.5 Å². The lowest BCUT2D eigenvalue weighted by atomic mass is 10.1. The number of sulfonamides is 1. The third kappa shape index (κ3) is 5.59. The maximum atomic E-state index is 13.1. The largest absolute Gasteiger partial charge is 0.490 e. The monoisotopic (exact) mass is 491 g/mol. The van der Waals surface area contributed by atoms with E-state index >= 15 is 0 Å². The molecule has 1 heterocycles. The molecular weight excluding hydrogens is 466 g/mol. The number of rotatable bonds is 8. The van der Waals surface area contributed by atoms with Crippen LogP contribution in [0, 0.1) is 0 Å². The Bertz CT molecular complexity index is 1400. The zero-order chi connectivity index (χ0) is 25.0. The molecule has 0 saturated carbocycles. The summed E-state index contributed by atoms with van der Waals surface area (Å²) in [5.74, 6) is 0.860. The quantitative estimate of drug-likeness (QED) is 0.477. The highest BCUT2D eigenvalue weighted by molar-refractivity contribution is 7.89. The van der Waals surface area contributed by atoms with Crippen molar-refractivity contribution >= 4 is 33.4 Å². The van der Waals surface area contributed by atoms with E-state index in [4.69, 9.17) is 14.6 Å². The fourth-order valence-electron chi connectivity index (χ4n) is 3.54. The SMILES string of the molecule is CCOc1cc(/C=C2\C(=O)N(c3ccc(S(N)(=O)=O)cc3)N=C2C)ccc1OCc1ccccc1. The fraction of sp³-hybridized carbons (Fsp3) is 0.154. The van der Waals surface area contributed by atoms with Crippen LogP contribution in [0.5, 0.6) is 11.5 Å². The molecule has 35 heavy (non-hydrogen) atoms. The van der Waals surface area contributed by atoms with Crippen molar-refractivity contribution in [3.8, 4) is 11.5 Å². The van der Waals surface area contributed by atoms with Crippen LogP contribution in [-0.4, -0.2) is 26.6 Å². The summed E-state index contributed by atoms with van der Waals surface area (Å²) in [6.07, 6.45) is 1.74. The second kappa shape index (κ2) is 10.1. The van der Waals surface area contributed by atoms with Gasteiger partial charge in [-0.05, 0) is 67.4 Å². The highest BCUT2D eigenvalue weighted by Gasteiger charge is 2.29. The number of benzene rings is 3. The van der Waals surface area contributed by atoms with E-state index in [0.717, 1.165) is 11.1 Å². The minimum atomic E-state index is -3.82. The van der Waals surface area contributed by atoms with Gasteiger partial charge in [0.05, 0.1) is 28.5 Å². The molecule has 0 aliphatic carbocycles. The van der Waals surface area contributed by atoms with Crippen LogP contribution in [0.3, 0.4) is 0 Å². The number of anilines is 1. The molecule has 3 aromatic rings. The molecule has 3 aromatic carbocycles. The van der Waals surface area contributed by atoms with Crippen molar-refractivity contribution in [3.63, 3.8) is 0 Å². The van der Waals surface area contributed by atoms with E-state index in [0.29, 0.717) is 41.7 Å². The fourth-order valence-corrected chi connectivity index (χ4v) is 4.06. The zero-order valence-electron chi connectivity index (χ0n) is 19.3. The van der Waals surface area contributed by atoms with Gasteiger partial charge in [0.1, 0.15) is 6.61 Å². The Balaban J connectivity index is 1.56. The summed E-state index contributed by atoms with van der Waals surface area (Å²) in [5.41, 5.74) is 3.19. The van der Waals surface area contributed by atoms with Crippen molar-refractivity contribution < 1.29 is 22.7 Å². The van der Waals surface area contributed by atoms with Gasteiger partial charge in [-0.25, -0.2) is 13.6 Å². The minimum absolute atomic E-state index is 0.0395. The number of amides is 1. The van der Waals surface area contributed by atoms with Gasteiger partial charge in [0.15, 0.2) is 11.5 Å². The summed E-state index contributed by atoms with van der Waals surface area (Å²) in [6, 6.07) is 21.0. The van der Waals surface area contributed by atoms with Gasteiger partial charge in [-0.15, -0.1) is 0 Å². The number of hydrogen-bond acceptors (Lipinski definition) is 6. The number of primary sulfonamides is 1. The van der Waals surface area contributed by atoms with E-state index in [9.17, 15) is 13.2 Å². The van der Waals surface area contributed by atoms with Crippen LogP contribution in [0.1, 0.15) is 25.0 Å². The Kier molecular flexibility index (Phi) is 6.99. The van der Waals surface area contributed by atoms with E-state index < -0.39 is 10.0 Å². The maximum absolute atomic E-state index is 13.1. The molecular formula is C26H25N3O5S. The van der Waals surface area contributed by atoms with Crippen LogP contribution < -0.4 is 19.6 Å². The van der Waals surface area contributed by atoms with Crippen molar-refractivity contribution in [2.75, 3.05) is 11.6 Å². The van der Waals surface area contributed by atoms with Gasteiger partial charge in [0.2, 0.25) is 10.0 Å². The standard InChI is InChI=1S/C26H25N3O5S/c1-3-33-25-16-20(9-14-24(25)34-17-19-7-5-4-6-8-19)15-23-18(2)28-29(26(23)30)21-10-12-22(13-11-21)35(27,31)32/h4-16H,3,17H2,1-2H3,(H2,27,31,32)/b23-15-. The number of hydrazone groups is 1. The van der Waals surface area contributed by atoms with Gasteiger partial charge in [0.25, 0.3) is 5.91 Å². The first kappa shape index (κ1) is 24.2. The van der Waals surface area contributed by atoms with Crippen molar-refractivity contribution in [2.24, 2.45) is 10.2 Å². The van der Waals surface area contributed by atoms with Gasteiger partial charge in [0, 0.05) is 0 Å². The Labute approximate surface area is 204 Å². The van der Waals surface area contributed by atoms with Crippen LogP contribution >= 0.6 is 0 Å². The molecule has 0 unspecified atom stereocenters. The Morgan fingerprint density at radius 2 is 1.69 bits per heavy atom. The predicted octanol–water partition coefficient (Wildman–Crippen LogP) is 4.12. The van der Waals surface area contributed by atoms with E-state index in [2.05, 4.69) is 5.10 Å². The zero-order valence-corrected chi connectivity index (χ0v) is 20.2. The summed E-state index contributed by atoms with van der Waals surface area (Å²) < 4.78 is 34.7. The highest BCUT2D eigenvalue weighted by atomic mass is 32.2. The lowest BCUT2D eigenvalue weighted by molar-refractivity contribution is -0.114. The molecule has 0 atom stereocenters. The molecule has 1 aliphatic heterocycles. The van der Waals surface area contributed by atoms with Gasteiger partial charge < -0.3 is 9.47 Å². The lowest BCUT2D eigenvalue weighted by Crippen LogP contribution is -2.21. The minimum Gasteiger partial charge on any atom is -0.490 e. The first-order valence-corrected chi connectivity index (χ1v) is 12.5. The summed E-state index contributed by atoms with van der Waals surface area (Å²) in [6.45, 7) is 4.50. The molecule has 8 nitrogen and oxygen atoms in total. The molecule has 0 spiro atoms. The van der Waals surface area contributed by atoms with Gasteiger partial charge in [-0.3, -0.25) is 4.79 Å². The van der Waals surface area contributed by atoms with Crippen LogP contribution in [-0.2, 0) is 21.4 Å². The predicted molar refractivity (Wildman–Crippen MR) is 135 cm³/mol. The molecule has 0 aromatic heterocycles. The van der Waals surface area contributed by atoms with E-state index in [1.165, 1.54) is 29.3 Å². The Hall–Kier alpha value is -3.95. The highest BCUT2D eigenvalue weighted by Crippen LogP contribution is 2.31. The molecule has 4 rings (SSSR count). The summed E-state index contributed by atoms with van der Waals surface area (Å²) in [4.78, 5) is 13.0. The van der Waals surface area contributed by atoms with Crippen LogP contribution in [0.15, 0.2) is 88.4 Å². The van der Waals surface area contributed by atoms with Crippen LogP contribution in [0.2, 0.25) is 0 Å². The number of hydrogen-bond donors (Lipinski definition) is 1. The van der Waals surface area contributed by atoms with Gasteiger partial charge in [-0.1, -0.05) is 36.4 Å². The van der Waals surface area contributed by atoms with Gasteiger partial charge in [-0.2, -0.15) is 10.1 Å². The first-order valence-electron chi connectivity index (χ1n) is 10.9. The third-order valence-corrected chi connectivity index (χ3v) is 6.22. The molecule has 0 saturated heterocycles. The van der Waals surface area contributed by atoms with Gasteiger partial charge >= 0.3 is 0 Å². The molecule has 1 aliphatic rings. The maximum Gasteiger partial charge on any atom is 0.280 e. The van der Waals surface area contributed by atoms with E-state index in [-0.39, 0.29) is 10.8 Å². The Morgan fingerprint density at radius 3 is 2.34 bits per heavy atom. The number of nitrogens with two attached hydrogens (primary N) is 1. The smallest absolute Gasteiger partial charge is 0.280 e. The molecule has 180 valence electrons. The number of carbonyl (C=O) groups excluding carboxylic acids is 1. The molecule has 0 radical (unpaired) electrons. The third-order valence-electron chi connectivity index (χ3n) is 5.29. The average Bonchev–Trinajstić information content (AvgIpc) is 3.12. The summed E-state index contributed by atoms with van der Waals surface area (Å²) in [5, 5.41) is 10.7. The van der Waals surface area contributed by atoms with Crippen LogP contribution in [0.25, 0.3) is 6.08 Å². The number of carbonyl (C=O) groups is 1. The summed E-state index contributed by atoms with van der Waals surface area (Å²) >= 11 is 0. The van der Waals surface area contributed by atoms with Crippen molar-refractivity contribution in [2.45, 2.75) is 25.3 Å².